The second kappa shape index (κ2) is 8.74. The zero-order chi connectivity index (χ0) is 24.7. The summed E-state index contributed by atoms with van der Waals surface area (Å²) in [5.41, 5.74) is -0.919. The van der Waals surface area contributed by atoms with Crippen molar-refractivity contribution in [2.75, 3.05) is 6.61 Å². The second-order valence-electron chi connectivity index (χ2n) is 7.60. The Hall–Kier alpha value is -4.00. The van der Waals surface area contributed by atoms with Crippen LogP contribution in [-0.2, 0) is 14.3 Å². The zero-order valence-electron chi connectivity index (χ0n) is 17.5. The molecule has 1 fully saturated rings. The van der Waals surface area contributed by atoms with E-state index in [0.29, 0.717) is 0 Å². The summed E-state index contributed by atoms with van der Waals surface area (Å²) in [7, 11) is 0. The van der Waals surface area contributed by atoms with Crippen LogP contribution in [0.3, 0.4) is 0 Å². The molecule has 4 atom stereocenters. The number of carbonyl (C=O) groups excluding carboxylic acids is 1. The Morgan fingerprint density at radius 1 is 0.971 bits per heavy atom. The number of phenolic OH excluding ortho intramolecular Hbond substituents is 4. The summed E-state index contributed by atoms with van der Waals surface area (Å²) >= 11 is 0. The molecule has 6 N–H and O–H groups in total. The Kier molecular flexibility index (Phi) is 5.96. The van der Waals surface area contributed by atoms with Gasteiger partial charge in [0.1, 0.15) is 46.2 Å². The van der Waals surface area contributed by atoms with E-state index < -0.39 is 53.2 Å². The lowest BCUT2D eigenvalue weighted by atomic mass is 10.0. The van der Waals surface area contributed by atoms with Gasteiger partial charge in [0.25, 0.3) is 0 Å². The van der Waals surface area contributed by atoms with Crippen molar-refractivity contribution in [1.29, 1.82) is 0 Å². The van der Waals surface area contributed by atoms with Crippen molar-refractivity contribution < 1.29 is 54.1 Å². The number of hydrogen-bond acceptors (Lipinski definition) is 12. The van der Waals surface area contributed by atoms with Gasteiger partial charge in [-0.15, -0.1) is 0 Å². The molecule has 0 amide bonds. The molecule has 12 nitrogen and oxygen atoms in total. The normalized spacial score (nSPS) is 22.4. The van der Waals surface area contributed by atoms with Crippen LogP contribution in [0.25, 0.3) is 22.3 Å². The Morgan fingerprint density at radius 3 is 2.38 bits per heavy atom. The number of fused-ring (bicyclic) bond motifs is 1. The van der Waals surface area contributed by atoms with Gasteiger partial charge in [0.15, 0.2) is 23.0 Å². The maximum Gasteiger partial charge on any atom is 0.303 e. The molecule has 180 valence electrons. The molecule has 3 aromatic rings. The molecule has 1 aliphatic heterocycles. The van der Waals surface area contributed by atoms with E-state index in [2.05, 4.69) is 0 Å². The number of aromatic hydroxyl groups is 4. The summed E-state index contributed by atoms with van der Waals surface area (Å²) in [4.78, 5) is 23.7. The number of aliphatic hydroxyl groups is 2. The number of hydrogen-bond donors (Lipinski definition) is 6. The van der Waals surface area contributed by atoms with Gasteiger partial charge in [0.2, 0.25) is 6.29 Å². The van der Waals surface area contributed by atoms with E-state index in [1.54, 1.807) is 0 Å². The summed E-state index contributed by atoms with van der Waals surface area (Å²) in [5.74, 6) is -3.17. The van der Waals surface area contributed by atoms with E-state index in [4.69, 9.17) is 18.6 Å². The van der Waals surface area contributed by atoms with Gasteiger partial charge in [-0.3, -0.25) is 9.59 Å². The molecule has 2 heterocycles. The number of phenols is 4. The molecule has 0 bridgehead atoms. The molecule has 1 aromatic heterocycles. The van der Waals surface area contributed by atoms with Gasteiger partial charge >= 0.3 is 5.97 Å². The number of carbonyl (C=O) groups is 1. The number of aliphatic hydroxyl groups excluding tert-OH is 2. The summed E-state index contributed by atoms with van der Waals surface area (Å²) < 4.78 is 21.5. The SMILES string of the molecule is CC(=O)O[C@@H]1CO[C@@H](Oc2cc(O)c(O)cc2-c2cc(=O)c3c(O)cc(O)cc3o2)C(O)[C@H]1O. The molecular weight excluding hydrogens is 456 g/mol. The van der Waals surface area contributed by atoms with Crippen LogP contribution in [0.4, 0.5) is 0 Å². The highest BCUT2D eigenvalue weighted by atomic mass is 16.7. The van der Waals surface area contributed by atoms with Gasteiger partial charge in [-0.2, -0.15) is 0 Å². The van der Waals surface area contributed by atoms with Crippen LogP contribution in [0.2, 0.25) is 0 Å². The highest BCUT2D eigenvalue weighted by Gasteiger charge is 2.42. The molecule has 34 heavy (non-hydrogen) atoms. The average Bonchev–Trinajstić information content (AvgIpc) is 2.74. The maximum atomic E-state index is 12.6. The van der Waals surface area contributed by atoms with Crippen LogP contribution in [0.5, 0.6) is 28.7 Å². The lowest BCUT2D eigenvalue weighted by molar-refractivity contribution is -0.247. The van der Waals surface area contributed by atoms with Gasteiger partial charge in [0, 0.05) is 31.2 Å². The summed E-state index contributed by atoms with van der Waals surface area (Å²) in [6.45, 7) is 0.815. The maximum absolute atomic E-state index is 12.6. The fraction of sp³-hybridized carbons (Fsp3) is 0.273. The third-order valence-corrected chi connectivity index (χ3v) is 5.13. The Labute approximate surface area is 190 Å². The predicted molar refractivity (Wildman–Crippen MR) is 113 cm³/mol. The lowest BCUT2D eigenvalue weighted by Crippen LogP contribution is -2.56. The Bertz CT molecular complexity index is 1310. The van der Waals surface area contributed by atoms with Crippen LogP contribution in [-0.4, -0.2) is 67.8 Å². The van der Waals surface area contributed by atoms with E-state index in [-0.39, 0.29) is 40.4 Å². The van der Waals surface area contributed by atoms with Crippen LogP contribution < -0.4 is 10.2 Å². The predicted octanol–water partition coefficient (Wildman–Crippen LogP) is 0.671. The van der Waals surface area contributed by atoms with E-state index in [1.807, 2.05) is 0 Å². The highest BCUT2D eigenvalue weighted by molar-refractivity contribution is 5.86. The third-order valence-electron chi connectivity index (χ3n) is 5.13. The summed E-state index contributed by atoms with van der Waals surface area (Å²) in [6.07, 6.45) is -5.87. The average molecular weight is 476 g/mol. The van der Waals surface area contributed by atoms with Gasteiger partial charge in [-0.25, -0.2) is 0 Å². The van der Waals surface area contributed by atoms with E-state index in [1.165, 1.54) is 0 Å². The van der Waals surface area contributed by atoms with Crippen molar-refractivity contribution in [3.05, 3.63) is 40.6 Å². The topological polar surface area (TPSA) is 196 Å². The van der Waals surface area contributed by atoms with Crippen molar-refractivity contribution in [3.63, 3.8) is 0 Å². The molecule has 12 heteroatoms. The van der Waals surface area contributed by atoms with Crippen molar-refractivity contribution in [3.8, 4) is 40.1 Å². The first-order chi connectivity index (χ1) is 16.0. The van der Waals surface area contributed by atoms with E-state index in [9.17, 15) is 40.2 Å². The van der Waals surface area contributed by atoms with Crippen molar-refractivity contribution >= 4 is 16.9 Å². The van der Waals surface area contributed by atoms with Crippen molar-refractivity contribution in [1.82, 2.24) is 0 Å². The molecule has 0 aliphatic carbocycles. The molecule has 1 saturated heterocycles. The first kappa shape index (κ1) is 23.2. The van der Waals surface area contributed by atoms with Crippen molar-refractivity contribution in [2.24, 2.45) is 0 Å². The Balaban J connectivity index is 1.74. The third kappa shape index (κ3) is 4.29. The van der Waals surface area contributed by atoms with Crippen LogP contribution in [0.15, 0.2) is 39.5 Å². The summed E-state index contributed by atoms with van der Waals surface area (Å²) in [6, 6.07) is 5.04. The first-order valence-corrected chi connectivity index (χ1v) is 9.93. The van der Waals surface area contributed by atoms with E-state index in [0.717, 1.165) is 37.3 Å². The van der Waals surface area contributed by atoms with Crippen LogP contribution in [0.1, 0.15) is 6.92 Å². The minimum atomic E-state index is -1.68. The van der Waals surface area contributed by atoms with E-state index >= 15 is 0 Å². The zero-order valence-corrected chi connectivity index (χ0v) is 17.5. The minimum absolute atomic E-state index is 0.0652. The second-order valence-corrected chi connectivity index (χ2v) is 7.60. The molecule has 0 spiro atoms. The van der Waals surface area contributed by atoms with Gasteiger partial charge < -0.3 is 49.3 Å². The molecule has 1 unspecified atom stereocenters. The highest BCUT2D eigenvalue weighted by Crippen LogP contribution is 2.41. The number of benzene rings is 2. The Morgan fingerprint density at radius 2 is 1.68 bits per heavy atom. The molecule has 4 rings (SSSR count). The van der Waals surface area contributed by atoms with Crippen LogP contribution >= 0.6 is 0 Å². The van der Waals surface area contributed by atoms with Gasteiger partial charge in [-0.05, 0) is 6.07 Å². The molecule has 1 aliphatic rings. The minimum Gasteiger partial charge on any atom is -0.508 e. The fourth-order valence-electron chi connectivity index (χ4n) is 3.55. The smallest absolute Gasteiger partial charge is 0.303 e. The van der Waals surface area contributed by atoms with Gasteiger partial charge in [-0.1, -0.05) is 0 Å². The lowest BCUT2D eigenvalue weighted by Gasteiger charge is -2.36. The number of esters is 1. The first-order valence-electron chi connectivity index (χ1n) is 9.93. The number of ether oxygens (including phenoxy) is 3. The van der Waals surface area contributed by atoms with Gasteiger partial charge in [0.05, 0.1) is 12.2 Å². The molecule has 2 aromatic carbocycles. The standard InChI is InChI=1S/C22H20O12/c1-8(23)32-18-7-31-22(21(30)20(18)29)34-16-5-12(26)11(25)4-10(16)15-6-14(28)19-13(27)2-9(24)3-17(19)33-15/h2-6,18,20-22,24-27,29-30H,7H2,1H3/t18-,20+,21?,22+/m1/s1. The van der Waals surface area contributed by atoms with Crippen molar-refractivity contribution in [2.45, 2.75) is 31.5 Å². The summed E-state index contributed by atoms with van der Waals surface area (Å²) in [5, 5.41) is 60.1. The molecule has 0 radical (unpaired) electrons. The monoisotopic (exact) mass is 476 g/mol. The quantitative estimate of drug-likeness (QED) is 0.228. The molecule has 0 saturated carbocycles. The van der Waals surface area contributed by atoms with Crippen LogP contribution in [0, 0.1) is 0 Å². The fourth-order valence-corrected chi connectivity index (χ4v) is 3.55. The number of rotatable bonds is 4. The largest absolute Gasteiger partial charge is 0.508 e. The molecular formula is C22H20O12.